The lowest BCUT2D eigenvalue weighted by Crippen LogP contribution is -2.38. The maximum atomic E-state index is 12.4. The van der Waals surface area contributed by atoms with Gasteiger partial charge in [0.2, 0.25) is 11.8 Å². The van der Waals surface area contributed by atoms with Gasteiger partial charge in [-0.15, -0.1) is 0 Å². The lowest BCUT2D eigenvalue weighted by Gasteiger charge is -2.29. The Bertz CT molecular complexity index is 698. The summed E-state index contributed by atoms with van der Waals surface area (Å²) >= 11 is 0. The molecule has 2 amide bonds. The Kier molecular flexibility index (Phi) is 4.71. The minimum absolute atomic E-state index is 0.110. The number of rotatable bonds is 4. The summed E-state index contributed by atoms with van der Waals surface area (Å²) in [6.45, 7) is 1.13. The van der Waals surface area contributed by atoms with Gasteiger partial charge in [0.25, 0.3) is 0 Å². The van der Waals surface area contributed by atoms with Crippen LogP contribution in [-0.2, 0) is 22.6 Å². The summed E-state index contributed by atoms with van der Waals surface area (Å²) in [6.07, 6.45) is 1.82. The van der Waals surface area contributed by atoms with Crippen LogP contribution in [0, 0.1) is 0 Å². The number of hydrogen-bond donors (Lipinski definition) is 1. The molecule has 0 radical (unpaired) electrons. The Balaban J connectivity index is 1.58. The number of para-hydroxylation sites is 1. The Hall–Kier alpha value is -2.62. The van der Waals surface area contributed by atoms with E-state index in [2.05, 4.69) is 5.32 Å². The smallest absolute Gasteiger partial charge is 0.236 e. The van der Waals surface area contributed by atoms with Crippen molar-refractivity contribution in [3.05, 3.63) is 65.7 Å². The lowest BCUT2D eigenvalue weighted by molar-refractivity contribution is -0.128. The van der Waals surface area contributed by atoms with Gasteiger partial charge >= 0.3 is 0 Å². The van der Waals surface area contributed by atoms with Crippen LogP contribution in [0.1, 0.15) is 24.0 Å². The number of hydrogen-bond acceptors (Lipinski definition) is 2. The van der Waals surface area contributed by atoms with Gasteiger partial charge in [-0.3, -0.25) is 9.59 Å². The Morgan fingerprint density at radius 3 is 2.57 bits per heavy atom. The summed E-state index contributed by atoms with van der Waals surface area (Å²) in [6, 6.07) is 17.6. The number of amides is 2. The second-order valence-corrected chi connectivity index (χ2v) is 5.72. The van der Waals surface area contributed by atoms with Gasteiger partial charge in [-0.1, -0.05) is 48.5 Å². The Morgan fingerprint density at radius 1 is 1.00 bits per heavy atom. The van der Waals surface area contributed by atoms with Gasteiger partial charge in [-0.25, -0.2) is 0 Å². The first-order valence-electron chi connectivity index (χ1n) is 7.93. The van der Waals surface area contributed by atoms with Gasteiger partial charge < -0.3 is 10.2 Å². The van der Waals surface area contributed by atoms with Crippen molar-refractivity contribution < 1.29 is 9.59 Å². The summed E-state index contributed by atoms with van der Waals surface area (Å²) in [4.78, 5) is 26.2. The minimum Gasteiger partial charge on any atom is -0.352 e. The Labute approximate surface area is 136 Å². The highest BCUT2D eigenvalue weighted by Crippen LogP contribution is 2.27. The highest BCUT2D eigenvalue weighted by atomic mass is 16.2. The molecular formula is C19H20N2O2. The molecule has 0 aromatic heterocycles. The molecule has 0 unspecified atom stereocenters. The fourth-order valence-electron chi connectivity index (χ4n) is 2.88. The molecular weight excluding hydrogens is 288 g/mol. The zero-order valence-corrected chi connectivity index (χ0v) is 13.0. The summed E-state index contributed by atoms with van der Waals surface area (Å²) in [5.74, 6) is -0.371. The fraction of sp³-hybridized carbons (Fsp3) is 0.263. The van der Waals surface area contributed by atoms with E-state index in [0.29, 0.717) is 13.1 Å². The van der Waals surface area contributed by atoms with Crippen LogP contribution in [0.15, 0.2) is 54.6 Å². The number of fused-ring (bicyclic) bond motifs is 1. The van der Waals surface area contributed by atoms with Crippen molar-refractivity contribution >= 4 is 17.5 Å². The average molecular weight is 308 g/mol. The molecule has 1 aliphatic rings. The van der Waals surface area contributed by atoms with Crippen molar-refractivity contribution in [2.45, 2.75) is 25.8 Å². The van der Waals surface area contributed by atoms with Gasteiger partial charge in [0.15, 0.2) is 0 Å². The lowest BCUT2D eigenvalue weighted by atomic mass is 10.0. The predicted octanol–water partition coefficient (Wildman–Crippen LogP) is 2.67. The van der Waals surface area contributed by atoms with Gasteiger partial charge in [0, 0.05) is 18.8 Å². The van der Waals surface area contributed by atoms with Gasteiger partial charge in [-0.05, 0) is 30.0 Å². The van der Waals surface area contributed by atoms with E-state index in [0.717, 1.165) is 24.1 Å². The molecule has 118 valence electrons. The van der Waals surface area contributed by atoms with Crippen LogP contribution in [0.2, 0.25) is 0 Å². The number of carbonyl (C=O) groups excluding carboxylic acids is 2. The number of benzene rings is 2. The third-order valence-corrected chi connectivity index (χ3v) is 4.06. The minimum atomic E-state index is -0.234. The first-order chi connectivity index (χ1) is 11.2. The number of nitrogens with zero attached hydrogens (tertiary/aromatic N) is 1. The molecule has 1 heterocycles. The molecule has 4 heteroatoms. The van der Waals surface area contributed by atoms with E-state index in [4.69, 9.17) is 0 Å². The quantitative estimate of drug-likeness (QED) is 0.883. The highest BCUT2D eigenvalue weighted by Gasteiger charge is 2.23. The molecule has 0 saturated carbocycles. The predicted molar refractivity (Wildman–Crippen MR) is 90.0 cm³/mol. The normalized spacial score (nSPS) is 13.3. The molecule has 0 saturated heterocycles. The monoisotopic (exact) mass is 308 g/mol. The molecule has 1 N–H and O–H groups in total. The van der Waals surface area contributed by atoms with Crippen molar-refractivity contribution in [1.82, 2.24) is 5.32 Å². The van der Waals surface area contributed by atoms with E-state index in [1.165, 1.54) is 5.56 Å². The van der Waals surface area contributed by atoms with E-state index in [1.54, 1.807) is 4.90 Å². The van der Waals surface area contributed by atoms with E-state index in [9.17, 15) is 9.59 Å². The third-order valence-electron chi connectivity index (χ3n) is 4.06. The maximum absolute atomic E-state index is 12.4. The van der Waals surface area contributed by atoms with Crippen molar-refractivity contribution in [1.29, 1.82) is 0 Å². The first-order valence-corrected chi connectivity index (χ1v) is 7.93. The molecule has 0 fully saturated rings. The second-order valence-electron chi connectivity index (χ2n) is 5.72. The molecule has 3 rings (SSSR count). The second kappa shape index (κ2) is 7.09. The van der Waals surface area contributed by atoms with Crippen molar-refractivity contribution in [2.75, 3.05) is 11.4 Å². The van der Waals surface area contributed by atoms with Crippen LogP contribution in [0.5, 0.6) is 0 Å². The van der Waals surface area contributed by atoms with Gasteiger partial charge in [0.05, 0.1) is 0 Å². The first kappa shape index (κ1) is 15.3. The van der Waals surface area contributed by atoms with E-state index in [-0.39, 0.29) is 18.2 Å². The largest absolute Gasteiger partial charge is 0.352 e. The number of carbonyl (C=O) groups is 2. The van der Waals surface area contributed by atoms with Crippen LogP contribution in [-0.4, -0.2) is 18.4 Å². The topological polar surface area (TPSA) is 49.4 Å². The highest BCUT2D eigenvalue weighted by molar-refractivity contribution is 6.05. The summed E-state index contributed by atoms with van der Waals surface area (Å²) in [5.41, 5.74) is 3.15. The molecule has 4 nitrogen and oxygen atoms in total. The molecule has 1 aliphatic heterocycles. The summed E-state index contributed by atoms with van der Waals surface area (Å²) in [7, 11) is 0. The van der Waals surface area contributed by atoms with Gasteiger partial charge in [0.1, 0.15) is 6.42 Å². The molecule has 0 aliphatic carbocycles. The summed E-state index contributed by atoms with van der Waals surface area (Å²) in [5, 5.41) is 2.81. The molecule has 0 atom stereocenters. The molecule has 2 aromatic carbocycles. The van der Waals surface area contributed by atoms with Crippen molar-refractivity contribution in [3.63, 3.8) is 0 Å². The number of aryl methyl sites for hydroxylation is 1. The van der Waals surface area contributed by atoms with E-state index >= 15 is 0 Å². The number of anilines is 1. The van der Waals surface area contributed by atoms with Crippen LogP contribution in [0.3, 0.4) is 0 Å². The maximum Gasteiger partial charge on any atom is 0.236 e. The van der Waals surface area contributed by atoms with Crippen LogP contribution in [0.4, 0.5) is 5.69 Å². The van der Waals surface area contributed by atoms with Crippen molar-refractivity contribution in [3.8, 4) is 0 Å². The van der Waals surface area contributed by atoms with Crippen LogP contribution < -0.4 is 10.2 Å². The SMILES string of the molecule is O=C(CC(=O)N1CCCc2ccccc21)NCc1ccccc1. The van der Waals surface area contributed by atoms with Crippen LogP contribution >= 0.6 is 0 Å². The zero-order valence-electron chi connectivity index (χ0n) is 13.0. The third kappa shape index (κ3) is 3.77. The van der Waals surface area contributed by atoms with E-state index in [1.807, 2.05) is 54.6 Å². The van der Waals surface area contributed by atoms with Gasteiger partial charge in [-0.2, -0.15) is 0 Å². The Morgan fingerprint density at radius 2 is 1.74 bits per heavy atom. The standard InChI is InChI=1S/C19H20N2O2/c22-18(20-14-15-7-2-1-3-8-15)13-19(23)21-12-6-10-16-9-4-5-11-17(16)21/h1-5,7-9,11H,6,10,12-14H2,(H,20,22). The average Bonchev–Trinajstić information content (AvgIpc) is 2.60. The summed E-state index contributed by atoms with van der Waals surface area (Å²) < 4.78 is 0. The molecule has 0 spiro atoms. The van der Waals surface area contributed by atoms with Crippen LogP contribution in [0.25, 0.3) is 0 Å². The molecule has 0 bridgehead atoms. The van der Waals surface area contributed by atoms with Crippen molar-refractivity contribution in [2.24, 2.45) is 0 Å². The fourth-order valence-corrected chi connectivity index (χ4v) is 2.88. The van der Waals surface area contributed by atoms with E-state index < -0.39 is 0 Å². The number of nitrogens with one attached hydrogen (secondary N) is 1. The molecule has 23 heavy (non-hydrogen) atoms. The molecule has 2 aromatic rings. The zero-order chi connectivity index (χ0) is 16.1.